The zero-order valence-corrected chi connectivity index (χ0v) is 15.8. The van der Waals surface area contributed by atoms with Crippen molar-refractivity contribution < 1.29 is 18.0 Å². The molecular formula is C15H22ClF3N6O. The summed E-state index contributed by atoms with van der Waals surface area (Å²) >= 11 is 0. The molecule has 0 radical (unpaired) electrons. The van der Waals surface area contributed by atoms with Crippen LogP contribution in [-0.4, -0.2) is 37.6 Å². The minimum atomic E-state index is -4.64. The fraction of sp³-hybridized carbons (Fsp3) is 0.600. The van der Waals surface area contributed by atoms with E-state index in [2.05, 4.69) is 20.4 Å². The van der Waals surface area contributed by atoms with E-state index in [4.69, 9.17) is 5.73 Å². The van der Waals surface area contributed by atoms with Crippen LogP contribution in [0.4, 0.5) is 13.2 Å². The lowest BCUT2D eigenvalue weighted by Crippen LogP contribution is -2.48. The summed E-state index contributed by atoms with van der Waals surface area (Å²) in [5.41, 5.74) is 6.74. The van der Waals surface area contributed by atoms with Gasteiger partial charge in [0.15, 0.2) is 0 Å². The summed E-state index contributed by atoms with van der Waals surface area (Å²) in [7, 11) is 0. The van der Waals surface area contributed by atoms with Crippen molar-refractivity contribution >= 4 is 24.1 Å². The van der Waals surface area contributed by atoms with Gasteiger partial charge < -0.3 is 11.1 Å². The van der Waals surface area contributed by atoms with E-state index in [-0.39, 0.29) is 30.5 Å². The van der Waals surface area contributed by atoms with E-state index in [9.17, 15) is 18.0 Å². The molecule has 0 aliphatic heterocycles. The first kappa shape index (κ1) is 22.1. The number of aryl methyl sites for hydroxylation is 2. The van der Waals surface area contributed by atoms with Crippen molar-refractivity contribution in [3.8, 4) is 0 Å². The SMILES string of the molecule is Cc1nc2nc(C(F)(F)F)nn2c(C)c1CCC(=O)NC(C)(C)CN.Cl. The molecule has 0 aromatic carbocycles. The number of alkyl halides is 3. The summed E-state index contributed by atoms with van der Waals surface area (Å²) in [5, 5.41) is 6.29. The van der Waals surface area contributed by atoms with E-state index in [1.807, 2.05) is 13.8 Å². The summed E-state index contributed by atoms with van der Waals surface area (Å²) in [6, 6.07) is 0. The molecule has 3 N–H and O–H groups in total. The normalized spacial score (nSPS) is 12.2. The largest absolute Gasteiger partial charge is 0.453 e. The molecule has 2 aromatic heterocycles. The smallest absolute Gasteiger partial charge is 0.350 e. The average Bonchev–Trinajstić information content (AvgIpc) is 2.90. The molecule has 11 heteroatoms. The van der Waals surface area contributed by atoms with Gasteiger partial charge in [-0.05, 0) is 39.7 Å². The number of amides is 1. The molecule has 0 bridgehead atoms. The number of nitrogens with one attached hydrogen (secondary N) is 1. The van der Waals surface area contributed by atoms with E-state index >= 15 is 0 Å². The molecule has 0 saturated heterocycles. The third kappa shape index (κ3) is 4.82. The molecule has 2 rings (SSSR count). The van der Waals surface area contributed by atoms with Crippen LogP contribution in [0.15, 0.2) is 0 Å². The van der Waals surface area contributed by atoms with Gasteiger partial charge >= 0.3 is 6.18 Å². The number of nitrogens with two attached hydrogens (primary N) is 1. The summed E-state index contributed by atoms with van der Waals surface area (Å²) < 4.78 is 39.4. The molecule has 0 atom stereocenters. The van der Waals surface area contributed by atoms with Crippen LogP contribution in [0.3, 0.4) is 0 Å². The highest BCUT2D eigenvalue weighted by Gasteiger charge is 2.37. The zero-order valence-electron chi connectivity index (χ0n) is 14.9. The minimum absolute atomic E-state index is 0. The Morgan fingerprint density at radius 3 is 2.38 bits per heavy atom. The van der Waals surface area contributed by atoms with Gasteiger partial charge in [0.2, 0.25) is 5.91 Å². The summed E-state index contributed by atoms with van der Waals surface area (Å²) in [6.45, 7) is 7.22. The molecule has 2 aromatic rings. The summed E-state index contributed by atoms with van der Waals surface area (Å²) in [6.07, 6.45) is -4.14. The molecule has 0 spiro atoms. The van der Waals surface area contributed by atoms with Gasteiger partial charge in [-0.2, -0.15) is 18.2 Å². The first-order chi connectivity index (χ1) is 11.4. The third-order valence-electron chi connectivity index (χ3n) is 3.89. The first-order valence-electron chi connectivity index (χ1n) is 7.76. The van der Waals surface area contributed by atoms with Crippen LogP contribution in [0.5, 0.6) is 0 Å². The van der Waals surface area contributed by atoms with Gasteiger partial charge in [0, 0.05) is 29.9 Å². The second kappa shape index (κ2) is 7.75. The highest BCUT2D eigenvalue weighted by molar-refractivity contribution is 5.85. The number of rotatable bonds is 5. The number of hydrogen-bond donors (Lipinski definition) is 2. The number of aromatic nitrogens is 4. The standard InChI is InChI=1S/C15H21F3N6O.ClH/c1-8-10(5-6-11(25)22-14(3,4)7-19)9(2)24-13(20-8)21-12(23-24)15(16,17)18;/h5-7,19H2,1-4H3,(H,22,25);1H. The van der Waals surface area contributed by atoms with Crippen molar-refractivity contribution in [2.45, 2.75) is 52.3 Å². The average molecular weight is 395 g/mol. The number of carbonyl (C=O) groups excluding carboxylic acids is 1. The Hall–Kier alpha value is -1.94. The van der Waals surface area contributed by atoms with Crippen LogP contribution >= 0.6 is 12.4 Å². The van der Waals surface area contributed by atoms with Crippen LogP contribution in [0.1, 0.15) is 43.0 Å². The van der Waals surface area contributed by atoms with Crippen LogP contribution < -0.4 is 11.1 Å². The zero-order chi connectivity index (χ0) is 19.0. The lowest BCUT2D eigenvalue weighted by Gasteiger charge is -2.24. The Kier molecular flexibility index (Phi) is 6.59. The molecule has 2 heterocycles. The Labute approximate surface area is 155 Å². The number of carbonyl (C=O) groups is 1. The highest BCUT2D eigenvalue weighted by Crippen LogP contribution is 2.27. The fourth-order valence-corrected chi connectivity index (χ4v) is 2.42. The van der Waals surface area contributed by atoms with Crippen molar-refractivity contribution in [3.05, 3.63) is 22.8 Å². The van der Waals surface area contributed by atoms with Crippen LogP contribution in [-0.2, 0) is 17.4 Å². The van der Waals surface area contributed by atoms with Crippen molar-refractivity contribution in [2.75, 3.05) is 6.54 Å². The van der Waals surface area contributed by atoms with Crippen molar-refractivity contribution in [1.29, 1.82) is 0 Å². The predicted octanol–water partition coefficient (Wildman–Crippen LogP) is 1.97. The van der Waals surface area contributed by atoms with E-state index in [1.54, 1.807) is 13.8 Å². The minimum Gasteiger partial charge on any atom is -0.350 e. The Morgan fingerprint density at radius 2 is 1.85 bits per heavy atom. The Bertz CT molecular complexity index is 803. The molecule has 146 valence electrons. The van der Waals surface area contributed by atoms with Gasteiger partial charge in [0.05, 0.1) is 0 Å². The number of fused-ring (bicyclic) bond motifs is 1. The lowest BCUT2D eigenvalue weighted by atomic mass is 10.0. The fourth-order valence-electron chi connectivity index (χ4n) is 2.42. The molecule has 26 heavy (non-hydrogen) atoms. The van der Waals surface area contributed by atoms with E-state index in [0.29, 0.717) is 29.9 Å². The molecule has 0 saturated carbocycles. The molecule has 1 amide bonds. The monoisotopic (exact) mass is 394 g/mol. The topological polar surface area (TPSA) is 98.2 Å². The van der Waals surface area contributed by atoms with Gasteiger partial charge in [-0.1, -0.05) is 0 Å². The molecule has 0 unspecified atom stereocenters. The number of nitrogens with zero attached hydrogens (tertiary/aromatic N) is 4. The lowest BCUT2D eigenvalue weighted by molar-refractivity contribution is -0.144. The van der Waals surface area contributed by atoms with Crippen LogP contribution in [0, 0.1) is 13.8 Å². The summed E-state index contributed by atoms with van der Waals surface area (Å²) in [4.78, 5) is 19.5. The van der Waals surface area contributed by atoms with E-state index < -0.39 is 17.5 Å². The second-order valence-corrected chi connectivity index (χ2v) is 6.54. The van der Waals surface area contributed by atoms with Gasteiger partial charge in [0.1, 0.15) is 0 Å². The molecule has 0 aliphatic carbocycles. The third-order valence-corrected chi connectivity index (χ3v) is 3.89. The van der Waals surface area contributed by atoms with Gasteiger partial charge in [0.25, 0.3) is 11.6 Å². The Balaban J connectivity index is 0.00000338. The quantitative estimate of drug-likeness (QED) is 0.807. The van der Waals surface area contributed by atoms with Gasteiger partial charge in [-0.3, -0.25) is 4.79 Å². The molecule has 7 nitrogen and oxygen atoms in total. The maximum absolute atomic E-state index is 12.8. The van der Waals surface area contributed by atoms with Crippen molar-refractivity contribution in [1.82, 2.24) is 24.9 Å². The predicted molar refractivity (Wildman–Crippen MR) is 92.1 cm³/mol. The van der Waals surface area contributed by atoms with Gasteiger partial charge in [-0.15, -0.1) is 17.5 Å². The summed E-state index contributed by atoms with van der Waals surface area (Å²) in [5.74, 6) is -1.54. The highest BCUT2D eigenvalue weighted by atomic mass is 35.5. The van der Waals surface area contributed by atoms with E-state index in [1.165, 1.54) is 0 Å². The molecule has 0 aliphatic rings. The molecular weight excluding hydrogens is 373 g/mol. The van der Waals surface area contributed by atoms with Crippen LogP contribution in [0.2, 0.25) is 0 Å². The molecule has 0 fully saturated rings. The van der Waals surface area contributed by atoms with E-state index in [0.717, 1.165) is 4.52 Å². The number of halogens is 4. The first-order valence-corrected chi connectivity index (χ1v) is 7.76. The van der Waals surface area contributed by atoms with Crippen molar-refractivity contribution in [2.24, 2.45) is 5.73 Å². The van der Waals surface area contributed by atoms with Crippen molar-refractivity contribution in [3.63, 3.8) is 0 Å². The maximum Gasteiger partial charge on any atom is 0.453 e. The maximum atomic E-state index is 12.8. The Morgan fingerprint density at radius 1 is 1.23 bits per heavy atom. The van der Waals surface area contributed by atoms with Gasteiger partial charge in [-0.25, -0.2) is 9.50 Å². The number of hydrogen-bond acceptors (Lipinski definition) is 5. The second-order valence-electron chi connectivity index (χ2n) is 6.54. The van der Waals surface area contributed by atoms with Crippen LogP contribution in [0.25, 0.3) is 5.78 Å².